The van der Waals surface area contributed by atoms with Crippen molar-refractivity contribution < 1.29 is 4.79 Å². The summed E-state index contributed by atoms with van der Waals surface area (Å²) in [6.07, 6.45) is 2.01. The molecule has 1 nitrogen and oxygen atoms in total. The number of hydrogen-bond donors (Lipinski definition) is 0. The second kappa shape index (κ2) is 4.51. The van der Waals surface area contributed by atoms with Gasteiger partial charge in [0.15, 0.2) is 5.78 Å². The number of rotatable bonds is 1. The van der Waals surface area contributed by atoms with Gasteiger partial charge >= 0.3 is 0 Å². The Morgan fingerprint density at radius 1 is 1.12 bits per heavy atom. The van der Waals surface area contributed by atoms with Crippen molar-refractivity contribution in [2.45, 2.75) is 4.90 Å². The summed E-state index contributed by atoms with van der Waals surface area (Å²) < 4.78 is 0. The number of benzene rings is 1. The van der Waals surface area contributed by atoms with Gasteiger partial charge in [-0.25, -0.2) is 0 Å². The molecular weight excluding hydrogens is 248 g/mol. The van der Waals surface area contributed by atoms with Crippen molar-refractivity contribution in [3.05, 3.63) is 57.8 Å². The summed E-state index contributed by atoms with van der Waals surface area (Å²) in [6.45, 7) is 0. The lowest BCUT2D eigenvalue weighted by molar-refractivity contribution is 0.103. The number of thiophene rings is 1. The van der Waals surface area contributed by atoms with E-state index >= 15 is 0 Å². The highest BCUT2D eigenvalue weighted by atomic mass is 32.2. The molecule has 0 spiro atoms. The fraction of sp³-hybridized carbons (Fsp3) is 0.0714. The Morgan fingerprint density at radius 3 is 2.82 bits per heavy atom. The predicted molar refractivity (Wildman–Crippen MR) is 73.8 cm³/mol. The summed E-state index contributed by atoms with van der Waals surface area (Å²) in [6, 6.07) is 11.9. The maximum atomic E-state index is 12.3. The smallest absolute Gasteiger partial charge is 0.191 e. The highest BCUT2D eigenvalue weighted by molar-refractivity contribution is 7.99. The van der Waals surface area contributed by atoms with E-state index in [0.29, 0.717) is 0 Å². The SMILES string of the molecule is O=C1/C(=C/c2cccs2)CSc2ccccc21. The van der Waals surface area contributed by atoms with E-state index < -0.39 is 0 Å². The van der Waals surface area contributed by atoms with Gasteiger partial charge in [0.1, 0.15) is 0 Å². The van der Waals surface area contributed by atoms with Gasteiger partial charge in [0.05, 0.1) is 0 Å². The van der Waals surface area contributed by atoms with E-state index in [0.717, 1.165) is 26.7 Å². The summed E-state index contributed by atoms with van der Waals surface area (Å²) in [5.41, 5.74) is 1.74. The van der Waals surface area contributed by atoms with Crippen LogP contribution < -0.4 is 0 Å². The quantitative estimate of drug-likeness (QED) is 0.716. The van der Waals surface area contributed by atoms with Gasteiger partial charge in [0.2, 0.25) is 0 Å². The number of thioether (sulfide) groups is 1. The Hall–Kier alpha value is -1.32. The van der Waals surface area contributed by atoms with Crippen molar-refractivity contribution >= 4 is 35.0 Å². The molecule has 0 bridgehead atoms. The molecule has 3 rings (SSSR count). The molecule has 0 saturated heterocycles. The molecule has 2 aromatic rings. The molecule has 0 unspecified atom stereocenters. The first-order valence-electron chi connectivity index (χ1n) is 5.35. The highest BCUT2D eigenvalue weighted by Gasteiger charge is 2.21. The Kier molecular flexibility index (Phi) is 2.87. The van der Waals surface area contributed by atoms with E-state index in [-0.39, 0.29) is 5.78 Å². The molecular formula is C14H10OS2. The zero-order chi connectivity index (χ0) is 11.7. The average Bonchev–Trinajstić information content (AvgIpc) is 2.86. The Morgan fingerprint density at radius 2 is 2.00 bits per heavy atom. The zero-order valence-electron chi connectivity index (χ0n) is 9.05. The van der Waals surface area contributed by atoms with Crippen LogP contribution in [0.15, 0.2) is 52.2 Å². The van der Waals surface area contributed by atoms with Gasteiger partial charge in [-0.15, -0.1) is 23.1 Å². The van der Waals surface area contributed by atoms with Gasteiger partial charge < -0.3 is 0 Å². The van der Waals surface area contributed by atoms with Crippen LogP contribution in [0, 0.1) is 0 Å². The number of carbonyl (C=O) groups is 1. The van der Waals surface area contributed by atoms with Crippen LogP contribution in [0.2, 0.25) is 0 Å². The molecule has 2 heterocycles. The molecule has 17 heavy (non-hydrogen) atoms. The van der Waals surface area contributed by atoms with Crippen molar-refractivity contribution in [2.24, 2.45) is 0 Å². The first kappa shape index (κ1) is 10.8. The number of hydrogen-bond acceptors (Lipinski definition) is 3. The van der Waals surface area contributed by atoms with Crippen LogP contribution in [0.3, 0.4) is 0 Å². The molecule has 1 aromatic heterocycles. The van der Waals surface area contributed by atoms with Crippen LogP contribution in [0.1, 0.15) is 15.2 Å². The van der Waals surface area contributed by atoms with Crippen LogP contribution in [0.4, 0.5) is 0 Å². The largest absolute Gasteiger partial charge is 0.289 e. The van der Waals surface area contributed by atoms with Crippen LogP contribution >= 0.6 is 23.1 Å². The van der Waals surface area contributed by atoms with Crippen molar-refractivity contribution in [1.82, 2.24) is 0 Å². The molecule has 0 N–H and O–H groups in total. The summed E-state index contributed by atoms with van der Waals surface area (Å²) >= 11 is 3.40. The Balaban J connectivity index is 2.00. The minimum atomic E-state index is 0.174. The third-order valence-corrected chi connectivity index (χ3v) is 4.61. The van der Waals surface area contributed by atoms with Crippen LogP contribution in [-0.4, -0.2) is 11.5 Å². The molecule has 0 amide bonds. The molecule has 0 atom stereocenters. The molecule has 1 aliphatic rings. The molecule has 84 valence electrons. The van der Waals surface area contributed by atoms with Crippen LogP contribution in [0.5, 0.6) is 0 Å². The summed E-state index contributed by atoms with van der Waals surface area (Å²) in [7, 11) is 0. The maximum absolute atomic E-state index is 12.3. The lowest BCUT2D eigenvalue weighted by Gasteiger charge is -2.16. The predicted octanol–water partition coefficient (Wildman–Crippen LogP) is 4.12. The maximum Gasteiger partial charge on any atom is 0.191 e. The third-order valence-electron chi connectivity index (χ3n) is 2.67. The number of fused-ring (bicyclic) bond motifs is 1. The topological polar surface area (TPSA) is 17.1 Å². The number of carbonyl (C=O) groups excluding carboxylic acids is 1. The van der Waals surface area contributed by atoms with Gasteiger partial charge in [0, 0.05) is 26.7 Å². The molecule has 1 aliphatic heterocycles. The van der Waals surface area contributed by atoms with Gasteiger partial charge in [0.25, 0.3) is 0 Å². The van der Waals surface area contributed by atoms with Gasteiger partial charge in [-0.2, -0.15) is 0 Å². The van der Waals surface area contributed by atoms with Gasteiger partial charge in [-0.1, -0.05) is 18.2 Å². The minimum Gasteiger partial charge on any atom is -0.289 e. The van der Waals surface area contributed by atoms with Crippen molar-refractivity contribution in [2.75, 3.05) is 5.75 Å². The highest BCUT2D eigenvalue weighted by Crippen LogP contribution is 2.33. The second-order valence-corrected chi connectivity index (χ2v) is 5.80. The van der Waals surface area contributed by atoms with E-state index in [1.54, 1.807) is 23.1 Å². The molecule has 0 fully saturated rings. The summed E-state index contributed by atoms with van der Waals surface area (Å²) in [4.78, 5) is 14.5. The van der Waals surface area contributed by atoms with Gasteiger partial charge in [-0.05, 0) is 29.7 Å². The van der Waals surface area contributed by atoms with Gasteiger partial charge in [-0.3, -0.25) is 4.79 Å². The summed E-state index contributed by atoms with van der Waals surface area (Å²) in [5.74, 6) is 0.945. The fourth-order valence-electron chi connectivity index (χ4n) is 1.83. The second-order valence-electron chi connectivity index (χ2n) is 3.80. The van der Waals surface area contributed by atoms with Crippen LogP contribution in [0.25, 0.3) is 6.08 Å². The molecule has 0 aliphatic carbocycles. The third kappa shape index (κ3) is 2.08. The van der Waals surface area contributed by atoms with E-state index in [1.807, 2.05) is 47.9 Å². The standard InChI is InChI=1S/C14H10OS2/c15-14-10(8-11-4-3-7-16-11)9-17-13-6-2-1-5-12(13)14/h1-8H,9H2/b10-8+. The fourth-order valence-corrected chi connectivity index (χ4v) is 3.52. The minimum absolute atomic E-state index is 0.174. The van der Waals surface area contributed by atoms with E-state index in [2.05, 4.69) is 0 Å². The van der Waals surface area contributed by atoms with Crippen LogP contribution in [-0.2, 0) is 0 Å². The summed E-state index contributed by atoms with van der Waals surface area (Å²) in [5, 5.41) is 2.03. The van der Waals surface area contributed by atoms with E-state index in [1.165, 1.54) is 0 Å². The Bertz CT molecular complexity index is 582. The molecule has 1 aromatic carbocycles. The molecule has 0 saturated carbocycles. The normalized spacial score (nSPS) is 17.2. The molecule has 0 radical (unpaired) electrons. The van der Waals surface area contributed by atoms with Crippen molar-refractivity contribution in [3.8, 4) is 0 Å². The first-order chi connectivity index (χ1) is 8.34. The lowest BCUT2D eigenvalue weighted by Crippen LogP contribution is -2.11. The average molecular weight is 258 g/mol. The molecule has 3 heteroatoms. The number of ketones is 1. The van der Waals surface area contributed by atoms with Crippen molar-refractivity contribution in [3.63, 3.8) is 0 Å². The zero-order valence-corrected chi connectivity index (χ0v) is 10.7. The van der Waals surface area contributed by atoms with Crippen molar-refractivity contribution in [1.29, 1.82) is 0 Å². The van der Waals surface area contributed by atoms with E-state index in [9.17, 15) is 4.79 Å². The first-order valence-corrected chi connectivity index (χ1v) is 7.22. The number of Topliss-reactive ketones (excluding diaryl/α,β-unsaturated/α-hetero) is 1. The Labute approximate surface area is 108 Å². The lowest BCUT2D eigenvalue weighted by atomic mass is 10.0. The monoisotopic (exact) mass is 258 g/mol. The van der Waals surface area contributed by atoms with E-state index in [4.69, 9.17) is 0 Å².